The highest BCUT2D eigenvalue weighted by Gasteiger charge is 2.33. The third-order valence-electron chi connectivity index (χ3n) is 3.94. The van der Waals surface area contributed by atoms with Gasteiger partial charge in [0.1, 0.15) is 11.5 Å². The van der Waals surface area contributed by atoms with Crippen LogP contribution in [0.2, 0.25) is 0 Å². The molecule has 3 rings (SSSR count). The first-order valence-corrected chi connectivity index (χ1v) is 8.50. The van der Waals surface area contributed by atoms with Crippen LogP contribution in [0.15, 0.2) is 66.7 Å². The molecule has 0 heterocycles. The Bertz CT molecular complexity index is 1110. The number of hydrogen-bond donors (Lipinski definition) is 2. The molecule has 0 aliphatic heterocycles. The minimum atomic E-state index is -4.70. The van der Waals surface area contributed by atoms with Crippen molar-refractivity contribution in [1.82, 2.24) is 0 Å². The minimum Gasteiger partial charge on any atom is -0.423 e. The molecule has 3 aromatic carbocycles. The molecular formula is C21H15F3N2O4. The normalized spacial score (nSPS) is 11.0. The highest BCUT2D eigenvalue weighted by molar-refractivity contribution is 5.96. The van der Waals surface area contributed by atoms with Gasteiger partial charge in [-0.05, 0) is 48.5 Å². The van der Waals surface area contributed by atoms with Crippen LogP contribution in [-0.2, 0) is 6.18 Å². The van der Waals surface area contributed by atoms with Gasteiger partial charge in [0.15, 0.2) is 0 Å². The van der Waals surface area contributed by atoms with Crippen LogP contribution in [0, 0.1) is 0 Å². The molecule has 0 radical (unpaired) electrons. The van der Waals surface area contributed by atoms with Gasteiger partial charge in [-0.3, -0.25) is 0 Å². The lowest BCUT2D eigenvalue weighted by Gasteiger charge is -2.12. The predicted octanol–water partition coefficient (Wildman–Crippen LogP) is 4.31. The maximum absolute atomic E-state index is 13.0. The van der Waals surface area contributed by atoms with E-state index in [0.29, 0.717) is 11.8 Å². The second-order valence-electron chi connectivity index (χ2n) is 6.18. The van der Waals surface area contributed by atoms with Crippen LogP contribution in [0.4, 0.5) is 24.5 Å². The van der Waals surface area contributed by atoms with Gasteiger partial charge in [-0.1, -0.05) is 12.1 Å². The van der Waals surface area contributed by atoms with Crippen LogP contribution in [0.1, 0.15) is 26.3 Å². The van der Waals surface area contributed by atoms with E-state index in [1.165, 1.54) is 36.4 Å². The molecule has 0 saturated heterocycles. The van der Waals surface area contributed by atoms with Crippen LogP contribution in [0.25, 0.3) is 0 Å². The molecule has 6 nitrogen and oxygen atoms in total. The maximum Gasteiger partial charge on any atom is 0.418 e. The first kappa shape index (κ1) is 20.7. The van der Waals surface area contributed by atoms with E-state index in [1.54, 1.807) is 12.1 Å². The fraction of sp³-hybridized carbons (Fsp3) is 0.0476. The van der Waals surface area contributed by atoms with Crippen molar-refractivity contribution in [3.8, 4) is 11.5 Å². The van der Waals surface area contributed by atoms with E-state index in [4.69, 9.17) is 20.9 Å². The number of carbonyl (C=O) groups excluding carboxylic acids is 2. The molecule has 0 atom stereocenters. The van der Waals surface area contributed by atoms with E-state index < -0.39 is 29.4 Å². The van der Waals surface area contributed by atoms with Crippen LogP contribution in [0.5, 0.6) is 11.5 Å². The highest BCUT2D eigenvalue weighted by Crippen LogP contribution is 2.35. The summed E-state index contributed by atoms with van der Waals surface area (Å²) in [5.41, 5.74) is 9.73. The fourth-order valence-electron chi connectivity index (χ4n) is 2.53. The van der Waals surface area contributed by atoms with Crippen molar-refractivity contribution in [2.45, 2.75) is 6.18 Å². The summed E-state index contributed by atoms with van der Waals surface area (Å²) in [5.74, 6) is -1.82. The zero-order valence-electron chi connectivity index (χ0n) is 15.3. The van der Waals surface area contributed by atoms with Crippen LogP contribution < -0.4 is 20.9 Å². The zero-order chi connectivity index (χ0) is 21.9. The summed E-state index contributed by atoms with van der Waals surface area (Å²) in [6.45, 7) is 0. The van der Waals surface area contributed by atoms with Gasteiger partial charge < -0.3 is 20.9 Å². The van der Waals surface area contributed by atoms with E-state index in [0.717, 1.165) is 12.1 Å². The summed E-state index contributed by atoms with van der Waals surface area (Å²) in [4.78, 5) is 24.6. The molecule has 4 N–H and O–H groups in total. The molecule has 9 heteroatoms. The fourth-order valence-corrected chi connectivity index (χ4v) is 2.53. The SMILES string of the molecule is Nc1cccc(OC(=O)c2cccc(C(=O)Oc3ccc(N)c(C(F)(F)F)c3)c2)c1. The maximum atomic E-state index is 13.0. The smallest absolute Gasteiger partial charge is 0.418 e. The van der Waals surface area contributed by atoms with Gasteiger partial charge in [0.05, 0.1) is 16.7 Å². The van der Waals surface area contributed by atoms with Crippen LogP contribution in [-0.4, -0.2) is 11.9 Å². The molecule has 0 aliphatic rings. The monoisotopic (exact) mass is 416 g/mol. The molecular weight excluding hydrogens is 401 g/mol. The number of ether oxygens (including phenoxy) is 2. The number of hydrogen-bond acceptors (Lipinski definition) is 6. The lowest BCUT2D eigenvalue weighted by molar-refractivity contribution is -0.137. The Morgan fingerprint density at radius 3 is 1.87 bits per heavy atom. The summed E-state index contributed by atoms with van der Waals surface area (Å²) in [7, 11) is 0. The molecule has 0 amide bonds. The third kappa shape index (κ3) is 4.88. The molecule has 3 aromatic rings. The number of nitrogen functional groups attached to an aromatic ring is 2. The number of rotatable bonds is 4. The first-order chi connectivity index (χ1) is 14.1. The standard InChI is InChI=1S/C21H15F3N2O4/c22-21(23,24)17-11-16(7-8-18(17)26)30-20(28)13-4-1-3-12(9-13)19(27)29-15-6-2-5-14(25)10-15/h1-11H,25-26H2. The lowest BCUT2D eigenvalue weighted by Crippen LogP contribution is -2.14. The summed E-state index contributed by atoms with van der Waals surface area (Å²) in [6, 6.07) is 14.4. The Balaban J connectivity index is 1.77. The van der Waals surface area contributed by atoms with Crippen molar-refractivity contribution < 1.29 is 32.2 Å². The topological polar surface area (TPSA) is 105 Å². The van der Waals surface area contributed by atoms with E-state index in [9.17, 15) is 22.8 Å². The quantitative estimate of drug-likeness (QED) is 0.373. The number of benzene rings is 3. The molecule has 0 spiro atoms. The minimum absolute atomic E-state index is 0.0418. The molecule has 0 fully saturated rings. The van der Waals surface area contributed by atoms with Crippen LogP contribution in [0.3, 0.4) is 0 Å². The van der Waals surface area contributed by atoms with E-state index >= 15 is 0 Å². The molecule has 0 saturated carbocycles. The van der Waals surface area contributed by atoms with Gasteiger partial charge in [-0.15, -0.1) is 0 Å². The second kappa shape index (κ2) is 8.16. The predicted molar refractivity (Wildman–Crippen MR) is 103 cm³/mol. The number of halogens is 3. The number of alkyl halides is 3. The average molecular weight is 416 g/mol. The molecule has 30 heavy (non-hydrogen) atoms. The van der Waals surface area contributed by atoms with Crippen molar-refractivity contribution in [2.75, 3.05) is 11.5 Å². The van der Waals surface area contributed by atoms with Gasteiger partial charge in [-0.2, -0.15) is 13.2 Å². The lowest BCUT2D eigenvalue weighted by atomic mass is 10.1. The van der Waals surface area contributed by atoms with Crippen molar-refractivity contribution in [3.63, 3.8) is 0 Å². The van der Waals surface area contributed by atoms with Crippen LogP contribution >= 0.6 is 0 Å². The van der Waals surface area contributed by atoms with Crippen molar-refractivity contribution >= 4 is 23.3 Å². The van der Waals surface area contributed by atoms with Gasteiger partial charge in [0.2, 0.25) is 0 Å². The summed E-state index contributed by atoms with van der Waals surface area (Å²) < 4.78 is 49.1. The second-order valence-corrected chi connectivity index (χ2v) is 6.18. The molecule has 154 valence electrons. The number of carbonyl (C=O) groups is 2. The largest absolute Gasteiger partial charge is 0.423 e. The Hall–Kier alpha value is -4.01. The Morgan fingerprint density at radius 2 is 1.30 bits per heavy atom. The van der Waals surface area contributed by atoms with Crippen molar-refractivity contribution in [1.29, 1.82) is 0 Å². The zero-order valence-corrected chi connectivity index (χ0v) is 15.3. The Kier molecular flexibility index (Phi) is 5.63. The first-order valence-electron chi connectivity index (χ1n) is 8.50. The van der Waals surface area contributed by atoms with E-state index in [-0.39, 0.29) is 22.6 Å². The van der Waals surface area contributed by atoms with Gasteiger partial charge in [-0.25, -0.2) is 9.59 Å². The Labute approximate surface area is 168 Å². The van der Waals surface area contributed by atoms with Gasteiger partial charge in [0.25, 0.3) is 0 Å². The van der Waals surface area contributed by atoms with Crippen molar-refractivity contribution in [3.05, 3.63) is 83.4 Å². The molecule has 0 aliphatic carbocycles. The van der Waals surface area contributed by atoms with Gasteiger partial charge in [0, 0.05) is 17.4 Å². The summed E-state index contributed by atoms with van der Waals surface area (Å²) in [5, 5.41) is 0. The highest BCUT2D eigenvalue weighted by atomic mass is 19.4. The molecule has 0 unspecified atom stereocenters. The number of nitrogens with two attached hydrogens (primary N) is 2. The van der Waals surface area contributed by atoms with Crippen molar-refractivity contribution in [2.24, 2.45) is 0 Å². The molecule has 0 bridgehead atoms. The number of anilines is 2. The Morgan fingerprint density at radius 1 is 0.733 bits per heavy atom. The average Bonchev–Trinajstić information content (AvgIpc) is 2.68. The van der Waals surface area contributed by atoms with E-state index in [2.05, 4.69) is 0 Å². The molecule has 0 aromatic heterocycles. The summed E-state index contributed by atoms with van der Waals surface area (Å²) >= 11 is 0. The third-order valence-corrected chi connectivity index (χ3v) is 3.94. The summed E-state index contributed by atoms with van der Waals surface area (Å²) in [6.07, 6.45) is -4.70. The van der Waals surface area contributed by atoms with Gasteiger partial charge >= 0.3 is 18.1 Å². The van der Waals surface area contributed by atoms with E-state index in [1.807, 2.05) is 0 Å². The number of esters is 2.